The van der Waals surface area contributed by atoms with Crippen molar-refractivity contribution in [3.63, 3.8) is 0 Å². The first-order valence-electron chi connectivity index (χ1n) is 8.81. The molecule has 1 fully saturated rings. The summed E-state index contributed by atoms with van der Waals surface area (Å²) in [5.41, 5.74) is 1.98. The zero-order valence-corrected chi connectivity index (χ0v) is 14.3. The third-order valence-electron chi connectivity index (χ3n) is 4.45. The Morgan fingerprint density at radius 2 is 2.04 bits per heavy atom. The van der Waals surface area contributed by atoms with Crippen molar-refractivity contribution in [2.45, 2.75) is 18.9 Å². The molecule has 0 spiro atoms. The van der Waals surface area contributed by atoms with E-state index < -0.39 is 0 Å². The fraction of sp³-hybridized carbons (Fsp3) is 0.250. The van der Waals surface area contributed by atoms with Gasteiger partial charge >= 0.3 is 0 Å². The van der Waals surface area contributed by atoms with E-state index in [1.54, 1.807) is 30.6 Å². The molecular weight excluding hydrogens is 329 g/mol. The van der Waals surface area contributed by atoms with Crippen LogP contribution in [-0.2, 0) is 0 Å². The van der Waals surface area contributed by atoms with Gasteiger partial charge in [-0.05, 0) is 43.7 Å². The molecule has 0 saturated carbocycles. The Bertz CT molecular complexity index is 878. The highest BCUT2D eigenvalue weighted by molar-refractivity contribution is 5.67. The molecule has 1 unspecified atom stereocenters. The Balaban J connectivity index is 1.75. The first-order chi connectivity index (χ1) is 12.8. The monoisotopic (exact) mass is 349 g/mol. The van der Waals surface area contributed by atoms with Crippen LogP contribution in [0.3, 0.4) is 0 Å². The van der Waals surface area contributed by atoms with Gasteiger partial charge < -0.3 is 10.6 Å². The maximum atomic E-state index is 14.3. The quantitative estimate of drug-likeness (QED) is 0.755. The summed E-state index contributed by atoms with van der Waals surface area (Å²) in [7, 11) is 0. The molecule has 1 saturated heterocycles. The summed E-state index contributed by atoms with van der Waals surface area (Å²) in [6, 6.07) is 12.6. The number of aromatic nitrogens is 3. The lowest BCUT2D eigenvalue weighted by atomic mass is 10.1. The predicted molar refractivity (Wildman–Crippen MR) is 100 cm³/mol. The molecule has 0 radical (unpaired) electrons. The van der Waals surface area contributed by atoms with Gasteiger partial charge in [-0.1, -0.05) is 12.1 Å². The van der Waals surface area contributed by atoms with E-state index in [1.165, 1.54) is 6.07 Å². The van der Waals surface area contributed by atoms with Crippen molar-refractivity contribution in [1.29, 1.82) is 0 Å². The van der Waals surface area contributed by atoms with E-state index in [9.17, 15) is 4.39 Å². The van der Waals surface area contributed by atoms with E-state index in [0.717, 1.165) is 37.2 Å². The molecular formula is C20H20FN5. The van der Waals surface area contributed by atoms with Crippen LogP contribution >= 0.6 is 0 Å². The molecule has 0 bridgehead atoms. The molecule has 26 heavy (non-hydrogen) atoms. The summed E-state index contributed by atoms with van der Waals surface area (Å²) >= 11 is 0. The largest absolute Gasteiger partial charge is 0.366 e. The van der Waals surface area contributed by atoms with Gasteiger partial charge in [-0.25, -0.2) is 14.4 Å². The molecule has 1 aromatic carbocycles. The van der Waals surface area contributed by atoms with Gasteiger partial charge in [0.15, 0.2) is 5.82 Å². The van der Waals surface area contributed by atoms with E-state index in [-0.39, 0.29) is 5.82 Å². The van der Waals surface area contributed by atoms with Crippen LogP contribution in [0.4, 0.5) is 10.2 Å². The number of hydrogen-bond donors (Lipinski definition) is 2. The van der Waals surface area contributed by atoms with Gasteiger partial charge in [0, 0.05) is 36.6 Å². The number of pyridine rings is 1. The molecule has 6 heteroatoms. The van der Waals surface area contributed by atoms with Crippen LogP contribution in [0.15, 0.2) is 54.9 Å². The van der Waals surface area contributed by atoms with Crippen LogP contribution in [0.5, 0.6) is 0 Å². The maximum Gasteiger partial charge on any atom is 0.165 e. The molecule has 0 amide bonds. The van der Waals surface area contributed by atoms with Crippen LogP contribution in [0.2, 0.25) is 0 Å². The topological polar surface area (TPSA) is 62.7 Å². The van der Waals surface area contributed by atoms with Crippen molar-refractivity contribution in [2.24, 2.45) is 0 Å². The number of benzene rings is 1. The van der Waals surface area contributed by atoms with Gasteiger partial charge in [0.2, 0.25) is 0 Å². The molecule has 1 aliphatic heterocycles. The predicted octanol–water partition coefficient (Wildman–Crippen LogP) is 3.51. The normalized spacial score (nSPS) is 17.0. The Labute approximate surface area is 151 Å². The Hall–Kier alpha value is -2.86. The van der Waals surface area contributed by atoms with E-state index in [1.807, 2.05) is 18.2 Å². The maximum absolute atomic E-state index is 14.3. The molecule has 3 heterocycles. The Morgan fingerprint density at radius 3 is 2.81 bits per heavy atom. The van der Waals surface area contributed by atoms with Crippen LogP contribution in [-0.4, -0.2) is 34.1 Å². The first-order valence-corrected chi connectivity index (χ1v) is 8.81. The van der Waals surface area contributed by atoms with Gasteiger partial charge in [0.25, 0.3) is 0 Å². The van der Waals surface area contributed by atoms with Crippen molar-refractivity contribution in [3.8, 4) is 22.6 Å². The van der Waals surface area contributed by atoms with Gasteiger partial charge in [0.1, 0.15) is 11.6 Å². The summed E-state index contributed by atoms with van der Waals surface area (Å²) in [6.07, 6.45) is 5.67. The molecule has 5 nitrogen and oxygen atoms in total. The van der Waals surface area contributed by atoms with Crippen molar-refractivity contribution in [1.82, 2.24) is 20.3 Å². The van der Waals surface area contributed by atoms with Gasteiger partial charge in [-0.3, -0.25) is 4.98 Å². The standard InChI is InChI=1S/C20H20FN5/c21-17-8-2-1-7-16(17)20-25-18(14-5-3-9-22-12-14)11-19(26-20)24-15-6-4-10-23-13-15/h1-3,5,7-9,11-12,15,23H,4,6,10,13H2,(H,24,25,26). The Kier molecular flexibility index (Phi) is 4.84. The number of piperidine rings is 1. The van der Waals surface area contributed by atoms with Crippen molar-refractivity contribution >= 4 is 5.82 Å². The summed E-state index contributed by atoms with van der Waals surface area (Å²) < 4.78 is 14.3. The highest BCUT2D eigenvalue weighted by Crippen LogP contribution is 2.26. The fourth-order valence-electron chi connectivity index (χ4n) is 3.13. The summed E-state index contributed by atoms with van der Waals surface area (Å²) in [5.74, 6) is 0.739. The molecule has 1 aliphatic rings. The van der Waals surface area contributed by atoms with Gasteiger partial charge in [-0.2, -0.15) is 0 Å². The molecule has 132 valence electrons. The van der Waals surface area contributed by atoms with Crippen LogP contribution in [0.25, 0.3) is 22.6 Å². The van der Waals surface area contributed by atoms with Crippen LogP contribution in [0, 0.1) is 5.82 Å². The zero-order valence-electron chi connectivity index (χ0n) is 14.3. The number of hydrogen-bond acceptors (Lipinski definition) is 5. The third kappa shape index (κ3) is 3.70. The van der Waals surface area contributed by atoms with Crippen molar-refractivity contribution < 1.29 is 4.39 Å². The lowest BCUT2D eigenvalue weighted by Gasteiger charge is -2.24. The molecule has 3 aromatic rings. The second-order valence-corrected chi connectivity index (χ2v) is 6.37. The van der Waals surface area contributed by atoms with Crippen molar-refractivity contribution in [2.75, 3.05) is 18.4 Å². The van der Waals surface area contributed by atoms with Crippen LogP contribution in [0.1, 0.15) is 12.8 Å². The molecule has 2 aromatic heterocycles. The smallest absolute Gasteiger partial charge is 0.165 e. The van der Waals surface area contributed by atoms with E-state index in [2.05, 4.69) is 25.6 Å². The minimum absolute atomic E-state index is 0.300. The van der Waals surface area contributed by atoms with Gasteiger partial charge in [-0.15, -0.1) is 0 Å². The fourth-order valence-corrected chi connectivity index (χ4v) is 3.13. The minimum Gasteiger partial charge on any atom is -0.366 e. The van der Waals surface area contributed by atoms with Crippen molar-refractivity contribution in [3.05, 3.63) is 60.7 Å². The van der Waals surface area contributed by atoms with E-state index in [0.29, 0.717) is 23.2 Å². The third-order valence-corrected chi connectivity index (χ3v) is 4.45. The highest BCUT2D eigenvalue weighted by atomic mass is 19.1. The second kappa shape index (κ2) is 7.58. The molecule has 2 N–H and O–H groups in total. The molecule has 0 aliphatic carbocycles. The SMILES string of the molecule is Fc1ccccc1-c1nc(NC2CCCNC2)cc(-c2cccnc2)n1. The number of nitrogens with zero attached hydrogens (tertiary/aromatic N) is 3. The summed E-state index contributed by atoms with van der Waals surface area (Å²) in [6.45, 7) is 1.94. The van der Waals surface area contributed by atoms with Gasteiger partial charge in [0.05, 0.1) is 11.3 Å². The second-order valence-electron chi connectivity index (χ2n) is 6.37. The average molecular weight is 349 g/mol. The lowest BCUT2D eigenvalue weighted by Crippen LogP contribution is -2.38. The van der Waals surface area contributed by atoms with E-state index in [4.69, 9.17) is 0 Å². The van der Waals surface area contributed by atoms with E-state index >= 15 is 0 Å². The minimum atomic E-state index is -0.332. The first kappa shape index (κ1) is 16.6. The number of nitrogens with one attached hydrogen (secondary N) is 2. The van der Waals surface area contributed by atoms with Crippen LogP contribution < -0.4 is 10.6 Å². The average Bonchev–Trinajstić information content (AvgIpc) is 2.69. The number of rotatable bonds is 4. The summed E-state index contributed by atoms with van der Waals surface area (Å²) in [5, 5.41) is 6.85. The highest BCUT2D eigenvalue weighted by Gasteiger charge is 2.16. The zero-order chi connectivity index (χ0) is 17.8. The number of halogens is 1. The molecule has 4 rings (SSSR count). The lowest BCUT2D eigenvalue weighted by molar-refractivity contribution is 0.479. The molecule has 1 atom stereocenters. The summed E-state index contributed by atoms with van der Waals surface area (Å²) in [4.78, 5) is 13.3. The Morgan fingerprint density at radius 1 is 1.12 bits per heavy atom. The number of anilines is 1.